The van der Waals surface area contributed by atoms with E-state index in [1.807, 2.05) is 49.6 Å². The number of thiophene rings is 2. The smallest absolute Gasteiger partial charge is 0.234 e. The summed E-state index contributed by atoms with van der Waals surface area (Å²) in [6.07, 6.45) is 0. The normalized spacial score (nSPS) is 10.9. The maximum absolute atomic E-state index is 12.5. The third-order valence-electron chi connectivity index (χ3n) is 4.29. The third kappa shape index (κ3) is 4.06. The molecule has 0 saturated heterocycles. The highest BCUT2D eigenvalue weighted by Crippen LogP contribution is 2.36. The van der Waals surface area contributed by atoms with Gasteiger partial charge in [0.15, 0.2) is 5.16 Å². The van der Waals surface area contributed by atoms with Gasteiger partial charge in [-0.2, -0.15) is 0 Å². The van der Waals surface area contributed by atoms with Crippen LogP contribution in [0.1, 0.15) is 11.1 Å². The molecule has 3 aromatic heterocycles. The van der Waals surface area contributed by atoms with E-state index in [4.69, 9.17) is 4.98 Å². The van der Waals surface area contributed by atoms with Gasteiger partial charge in [-0.3, -0.25) is 4.79 Å². The number of imidazole rings is 1. The van der Waals surface area contributed by atoms with E-state index in [9.17, 15) is 4.79 Å². The average molecular weight is 426 g/mol. The van der Waals surface area contributed by atoms with Crippen molar-refractivity contribution in [2.45, 2.75) is 19.0 Å². The molecule has 4 rings (SSSR count). The number of anilines is 1. The summed E-state index contributed by atoms with van der Waals surface area (Å²) in [6, 6.07) is 14.2. The molecule has 142 valence electrons. The molecule has 1 amide bonds. The number of carbonyl (C=O) groups excluding carboxylic acids is 1. The van der Waals surface area contributed by atoms with Crippen molar-refractivity contribution in [3.63, 3.8) is 0 Å². The molecule has 2 N–H and O–H groups in total. The molecule has 0 spiro atoms. The van der Waals surface area contributed by atoms with Crippen LogP contribution in [0.3, 0.4) is 0 Å². The number of nitrogens with zero attached hydrogens (tertiary/aromatic N) is 1. The topological polar surface area (TPSA) is 57.8 Å². The summed E-state index contributed by atoms with van der Waals surface area (Å²) in [5.74, 6) is 0.267. The van der Waals surface area contributed by atoms with E-state index in [0.29, 0.717) is 5.75 Å². The Labute approximate surface area is 176 Å². The van der Waals surface area contributed by atoms with Crippen molar-refractivity contribution < 1.29 is 4.79 Å². The molecule has 4 nitrogen and oxygen atoms in total. The number of para-hydroxylation sites is 1. The number of aromatic nitrogens is 2. The van der Waals surface area contributed by atoms with Gasteiger partial charge >= 0.3 is 0 Å². The first-order chi connectivity index (χ1) is 13.6. The van der Waals surface area contributed by atoms with Crippen LogP contribution in [0.25, 0.3) is 21.1 Å². The van der Waals surface area contributed by atoms with Gasteiger partial charge in [-0.15, -0.1) is 22.7 Å². The van der Waals surface area contributed by atoms with E-state index in [1.165, 1.54) is 11.8 Å². The number of aryl methyl sites for hydroxylation is 2. The van der Waals surface area contributed by atoms with Gasteiger partial charge in [0.05, 0.1) is 21.2 Å². The second-order valence-electron chi connectivity index (χ2n) is 6.32. The van der Waals surface area contributed by atoms with Crippen LogP contribution in [0.5, 0.6) is 0 Å². The first kappa shape index (κ1) is 19.0. The molecule has 0 fully saturated rings. The zero-order valence-corrected chi connectivity index (χ0v) is 17.9. The van der Waals surface area contributed by atoms with Crippen LogP contribution >= 0.6 is 34.4 Å². The van der Waals surface area contributed by atoms with Gasteiger partial charge < -0.3 is 10.3 Å². The van der Waals surface area contributed by atoms with Crippen molar-refractivity contribution >= 4 is 46.0 Å². The van der Waals surface area contributed by atoms with Crippen molar-refractivity contribution in [1.82, 2.24) is 9.97 Å². The number of amides is 1. The highest BCUT2D eigenvalue weighted by Gasteiger charge is 2.17. The standard InChI is InChI=1S/C21H19N3OS3/c1-13-6-3-7-14(2)18(13)22-17(25)12-28-21-23-19(15-8-4-10-26-15)20(24-21)16-9-5-11-27-16/h3-11H,12H2,1-2H3,(H,22,25)(H,23,24). The van der Waals surface area contributed by atoms with Crippen LogP contribution in [-0.2, 0) is 4.79 Å². The van der Waals surface area contributed by atoms with Crippen molar-refractivity contribution in [3.8, 4) is 21.1 Å². The lowest BCUT2D eigenvalue weighted by Crippen LogP contribution is -2.15. The number of hydrogen-bond acceptors (Lipinski definition) is 5. The fourth-order valence-corrected chi connectivity index (χ4v) is 5.05. The number of thioether (sulfide) groups is 1. The molecular formula is C21H19N3OS3. The molecule has 7 heteroatoms. The lowest BCUT2D eigenvalue weighted by atomic mass is 10.1. The molecule has 0 unspecified atom stereocenters. The Kier molecular flexibility index (Phi) is 5.66. The van der Waals surface area contributed by atoms with Crippen LogP contribution in [0.15, 0.2) is 58.4 Å². The quantitative estimate of drug-likeness (QED) is 0.361. The molecule has 3 heterocycles. The van der Waals surface area contributed by atoms with E-state index >= 15 is 0 Å². The Morgan fingerprint density at radius 3 is 2.36 bits per heavy atom. The first-order valence-electron chi connectivity index (χ1n) is 8.78. The zero-order valence-electron chi connectivity index (χ0n) is 15.5. The van der Waals surface area contributed by atoms with Gasteiger partial charge in [0, 0.05) is 5.69 Å². The van der Waals surface area contributed by atoms with Crippen molar-refractivity contribution in [2.24, 2.45) is 0 Å². The third-order valence-corrected chi connectivity index (χ3v) is 6.93. The van der Waals surface area contributed by atoms with Crippen LogP contribution in [0.4, 0.5) is 5.69 Å². The van der Waals surface area contributed by atoms with Crippen LogP contribution in [0.2, 0.25) is 0 Å². The second-order valence-corrected chi connectivity index (χ2v) is 9.18. The minimum atomic E-state index is -0.0332. The number of H-pyrrole nitrogens is 1. The second kappa shape index (κ2) is 8.34. The van der Waals surface area contributed by atoms with Crippen molar-refractivity contribution in [3.05, 3.63) is 64.4 Å². The summed E-state index contributed by atoms with van der Waals surface area (Å²) < 4.78 is 0. The van der Waals surface area contributed by atoms with Crippen LogP contribution in [-0.4, -0.2) is 21.6 Å². The maximum Gasteiger partial charge on any atom is 0.234 e. The van der Waals surface area contributed by atoms with Crippen LogP contribution in [0, 0.1) is 13.8 Å². The molecule has 28 heavy (non-hydrogen) atoms. The van der Waals surface area contributed by atoms with Gasteiger partial charge in [-0.05, 0) is 47.9 Å². The number of aromatic amines is 1. The fourth-order valence-electron chi connectivity index (χ4n) is 2.93. The first-order valence-corrected chi connectivity index (χ1v) is 11.5. The minimum Gasteiger partial charge on any atom is -0.332 e. The molecule has 0 atom stereocenters. The highest BCUT2D eigenvalue weighted by atomic mass is 32.2. The summed E-state index contributed by atoms with van der Waals surface area (Å²) >= 11 is 4.76. The van der Waals surface area contributed by atoms with Gasteiger partial charge in [0.25, 0.3) is 0 Å². The van der Waals surface area contributed by atoms with E-state index in [-0.39, 0.29) is 5.91 Å². The monoisotopic (exact) mass is 425 g/mol. The lowest BCUT2D eigenvalue weighted by Gasteiger charge is -2.10. The van der Waals surface area contributed by atoms with E-state index < -0.39 is 0 Å². The van der Waals surface area contributed by atoms with Gasteiger partial charge in [-0.25, -0.2) is 4.98 Å². The molecule has 0 aliphatic heterocycles. The van der Waals surface area contributed by atoms with Gasteiger partial charge in [0.2, 0.25) is 5.91 Å². The summed E-state index contributed by atoms with van der Waals surface area (Å²) in [7, 11) is 0. The Balaban J connectivity index is 1.51. The summed E-state index contributed by atoms with van der Waals surface area (Å²) in [6.45, 7) is 4.01. The predicted molar refractivity (Wildman–Crippen MR) is 120 cm³/mol. The number of benzene rings is 1. The van der Waals surface area contributed by atoms with Gasteiger partial charge in [0.1, 0.15) is 5.69 Å². The Morgan fingerprint density at radius 2 is 1.71 bits per heavy atom. The summed E-state index contributed by atoms with van der Waals surface area (Å²) in [5.41, 5.74) is 4.98. The average Bonchev–Trinajstić information content (AvgIpc) is 3.43. The molecule has 0 radical (unpaired) electrons. The molecular weight excluding hydrogens is 406 g/mol. The Bertz CT molecular complexity index is 1010. The molecule has 0 saturated carbocycles. The van der Waals surface area contributed by atoms with Crippen molar-refractivity contribution in [1.29, 1.82) is 0 Å². The number of carbonyl (C=O) groups is 1. The summed E-state index contributed by atoms with van der Waals surface area (Å²) in [5, 5.41) is 7.88. The number of nitrogens with one attached hydrogen (secondary N) is 2. The fraction of sp³-hybridized carbons (Fsp3) is 0.143. The van der Waals surface area contributed by atoms with Gasteiger partial charge in [-0.1, -0.05) is 42.1 Å². The van der Waals surface area contributed by atoms with E-state index in [2.05, 4.69) is 27.8 Å². The number of rotatable bonds is 6. The largest absolute Gasteiger partial charge is 0.332 e. The molecule has 0 bridgehead atoms. The Morgan fingerprint density at radius 1 is 1.04 bits per heavy atom. The zero-order chi connectivity index (χ0) is 19.5. The SMILES string of the molecule is Cc1cccc(C)c1NC(=O)CSc1nc(-c2cccs2)c(-c2cccs2)[nH]1. The lowest BCUT2D eigenvalue weighted by molar-refractivity contribution is -0.113. The molecule has 0 aliphatic carbocycles. The Hall–Kier alpha value is -2.35. The highest BCUT2D eigenvalue weighted by molar-refractivity contribution is 7.99. The summed E-state index contributed by atoms with van der Waals surface area (Å²) in [4.78, 5) is 22.9. The van der Waals surface area contributed by atoms with Crippen LogP contribution < -0.4 is 5.32 Å². The van der Waals surface area contributed by atoms with E-state index in [0.717, 1.165) is 43.1 Å². The minimum absolute atomic E-state index is 0.0332. The predicted octanol–water partition coefficient (Wildman–Crippen LogP) is 6.21. The van der Waals surface area contributed by atoms with E-state index in [1.54, 1.807) is 22.7 Å². The molecule has 0 aliphatic rings. The van der Waals surface area contributed by atoms with Crippen molar-refractivity contribution in [2.75, 3.05) is 11.1 Å². The molecule has 1 aromatic carbocycles. The molecule has 4 aromatic rings. The maximum atomic E-state index is 12.5. The number of hydrogen-bond donors (Lipinski definition) is 2.